The molecule has 13 heavy (non-hydrogen) atoms. The minimum Gasteiger partial charge on any atom is -0.316 e. The molecule has 0 aliphatic carbocycles. The van der Waals surface area contributed by atoms with E-state index in [1.54, 1.807) is 0 Å². The number of nitrogens with zero attached hydrogens (tertiary/aromatic N) is 1. The maximum atomic E-state index is 11.1. The highest BCUT2D eigenvalue weighted by atomic mass is 16.1. The fraction of sp³-hybridized carbons (Fsp3) is 0.556. The Morgan fingerprint density at radius 3 is 3.08 bits per heavy atom. The monoisotopic (exact) mass is 179 g/mol. The molecular weight excluding hydrogens is 166 g/mol. The van der Waals surface area contributed by atoms with Crippen molar-refractivity contribution in [3.63, 3.8) is 0 Å². The van der Waals surface area contributed by atoms with Crippen LogP contribution in [-0.4, -0.2) is 23.1 Å². The first-order valence-corrected chi connectivity index (χ1v) is 4.54. The van der Waals surface area contributed by atoms with Gasteiger partial charge in [0.15, 0.2) is 0 Å². The van der Waals surface area contributed by atoms with Gasteiger partial charge in [-0.1, -0.05) is 0 Å². The molecule has 70 valence electrons. The molecule has 1 aromatic heterocycles. The number of hydrogen-bond acceptors (Lipinski definition) is 3. The molecular formula is C9H13N3O. The van der Waals surface area contributed by atoms with Gasteiger partial charge < -0.3 is 10.3 Å². The van der Waals surface area contributed by atoms with Crippen molar-refractivity contribution >= 4 is 0 Å². The second kappa shape index (κ2) is 3.30. The number of nitrogens with one attached hydrogen (secondary N) is 2. The highest BCUT2D eigenvalue weighted by Crippen LogP contribution is 2.19. The Morgan fingerprint density at radius 1 is 1.62 bits per heavy atom. The second-order valence-corrected chi connectivity index (χ2v) is 3.48. The molecule has 1 aliphatic heterocycles. The van der Waals surface area contributed by atoms with Gasteiger partial charge in [-0.15, -0.1) is 0 Å². The van der Waals surface area contributed by atoms with Gasteiger partial charge in [-0.25, -0.2) is 4.79 Å². The zero-order chi connectivity index (χ0) is 9.26. The molecule has 2 rings (SSSR count). The molecule has 2 N–H and O–H groups in total. The maximum Gasteiger partial charge on any atom is 0.345 e. The summed E-state index contributed by atoms with van der Waals surface area (Å²) >= 11 is 0. The van der Waals surface area contributed by atoms with Gasteiger partial charge >= 0.3 is 5.69 Å². The van der Waals surface area contributed by atoms with E-state index in [0.29, 0.717) is 5.92 Å². The molecule has 0 radical (unpaired) electrons. The van der Waals surface area contributed by atoms with Gasteiger partial charge in [-0.2, -0.15) is 4.98 Å². The van der Waals surface area contributed by atoms with E-state index in [-0.39, 0.29) is 5.69 Å². The van der Waals surface area contributed by atoms with Crippen molar-refractivity contribution in [1.82, 2.24) is 15.3 Å². The van der Waals surface area contributed by atoms with Crippen LogP contribution in [0, 0.1) is 6.92 Å². The van der Waals surface area contributed by atoms with Crippen LogP contribution in [0.5, 0.6) is 0 Å². The average molecular weight is 179 g/mol. The molecule has 4 nitrogen and oxygen atoms in total. The number of aromatic amines is 1. The van der Waals surface area contributed by atoms with E-state index >= 15 is 0 Å². The summed E-state index contributed by atoms with van der Waals surface area (Å²) in [4.78, 5) is 17.7. The van der Waals surface area contributed by atoms with Crippen LogP contribution >= 0.6 is 0 Å². The summed E-state index contributed by atoms with van der Waals surface area (Å²) in [7, 11) is 0. The summed E-state index contributed by atoms with van der Waals surface area (Å²) < 4.78 is 0. The average Bonchev–Trinajstić information content (AvgIpc) is 2.53. The lowest BCUT2D eigenvalue weighted by Crippen LogP contribution is -2.17. The SMILES string of the molecule is Cc1cc(C2CCNC2)nc(=O)[nH]1. The Hall–Kier alpha value is -1.16. The third kappa shape index (κ3) is 1.78. The van der Waals surface area contributed by atoms with E-state index in [2.05, 4.69) is 15.3 Å². The first kappa shape index (κ1) is 8.44. The summed E-state index contributed by atoms with van der Waals surface area (Å²) in [5.41, 5.74) is 1.58. The Labute approximate surface area is 76.4 Å². The molecule has 0 spiro atoms. The van der Waals surface area contributed by atoms with Crippen molar-refractivity contribution in [2.45, 2.75) is 19.3 Å². The third-order valence-corrected chi connectivity index (χ3v) is 2.38. The second-order valence-electron chi connectivity index (χ2n) is 3.48. The molecule has 1 atom stereocenters. The van der Waals surface area contributed by atoms with E-state index in [9.17, 15) is 4.79 Å². The van der Waals surface area contributed by atoms with Crippen molar-refractivity contribution in [3.05, 3.63) is 27.9 Å². The van der Waals surface area contributed by atoms with Crippen LogP contribution in [0.3, 0.4) is 0 Å². The minimum absolute atomic E-state index is 0.234. The van der Waals surface area contributed by atoms with Crippen LogP contribution in [0.25, 0.3) is 0 Å². The topological polar surface area (TPSA) is 57.8 Å². The zero-order valence-electron chi connectivity index (χ0n) is 7.63. The lowest BCUT2D eigenvalue weighted by atomic mass is 10.0. The normalized spacial score (nSPS) is 22.1. The highest BCUT2D eigenvalue weighted by molar-refractivity contribution is 5.13. The molecule has 1 fully saturated rings. The molecule has 1 aromatic rings. The minimum atomic E-state index is -0.234. The zero-order valence-corrected chi connectivity index (χ0v) is 7.63. The summed E-state index contributed by atoms with van der Waals surface area (Å²) in [6.07, 6.45) is 1.08. The number of H-pyrrole nitrogens is 1. The Bertz CT molecular complexity index is 352. The standard InChI is InChI=1S/C9H13N3O/c1-6-4-8(12-9(13)11-6)7-2-3-10-5-7/h4,7,10H,2-3,5H2,1H3,(H,11,12,13). The van der Waals surface area contributed by atoms with Crippen LogP contribution in [0.4, 0.5) is 0 Å². The first-order valence-electron chi connectivity index (χ1n) is 4.54. The predicted molar refractivity (Wildman–Crippen MR) is 49.8 cm³/mol. The van der Waals surface area contributed by atoms with Gasteiger partial charge in [-0.3, -0.25) is 0 Å². The number of hydrogen-bond donors (Lipinski definition) is 2. The van der Waals surface area contributed by atoms with Crippen LogP contribution in [0.1, 0.15) is 23.7 Å². The Kier molecular flexibility index (Phi) is 2.14. The quantitative estimate of drug-likeness (QED) is 0.645. The van der Waals surface area contributed by atoms with E-state index in [4.69, 9.17) is 0 Å². The molecule has 1 unspecified atom stereocenters. The van der Waals surface area contributed by atoms with Gasteiger partial charge in [0.25, 0.3) is 0 Å². The van der Waals surface area contributed by atoms with Gasteiger partial charge in [0, 0.05) is 18.2 Å². The summed E-state index contributed by atoms with van der Waals surface area (Å²) in [6.45, 7) is 3.85. The fourth-order valence-corrected chi connectivity index (χ4v) is 1.72. The predicted octanol–water partition coefficient (Wildman–Crippen LogP) is 0.155. The summed E-state index contributed by atoms with van der Waals surface area (Å²) in [5, 5.41) is 3.26. The Balaban J connectivity index is 2.33. The van der Waals surface area contributed by atoms with Crippen molar-refractivity contribution in [3.8, 4) is 0 Å². The van der Waals surface area contributed by atoms with Crippen LogP contribution in [-0.2, 0) is 0 Å². The molecule has 1 saturated heterocycles. The van der Waals surface area contributed by atoms with Gasteiger partial charge in [0.2, 0.25) is 0 Å². The van der Waals surface area contributed by atoms with Gasteiger partial charge in [0.05, 0.1) is 5.69 Å². The third-order valence-electron chi connectivity index (χ3n) is 2.38. The van der Waals surface area contributed by atoms with E-state index in [0.717, 1.165) is 30.9 Å². The maximum absolute atomic E-state index is 11.1. The van der Waals surface area contributed by atoms with E-state index in [1.165, 1.54) is 0 Å². The fourth-order valence-electron chi connectivity index (χ4n) is 1.72. The molecule has 4 heteroatoms. The summed E-state index contributed by atoms with van der Waals surface area (Å²) in [6, 6.07) is 1.96. The van der Waals surface area contributed by atoms with Crippen LogP contribution in [0.15, 0.2) is 10.9 Å². The molecule has 2 heterocycles. The number of aromatic nitrogens is 2. The van der Waals surface area contributed by atoms with Crippen molar-refractivity contribution < 1.29 is 0 Å². The van der Waals surface area contributed by atoms with Crippen molar-refractivity contribution in [2.75, 3.05) is 13.1 Å². The smallest absolute Gasteiger partial charge is 0.316 e. The number of rotatable bonds is 1. The largest absolute Gasteiger partial charge is 0.345 e. The van der Waals surface area contributed by atoms with Gasteiger partial charge in [0.1, 0.15) is 0 Å². The lowest BCUT2D eigenvalue weighted by Gasteiger charge is -2.06. The molecule has 0 amide bonds. The molecule has 0 aromatic carbocycles. The van der Waals surface area contributed by atoms with Crippen LogP contribution in [0.2, 0.25) is 0 Å². The Morgan fingerprint density at radius 2 is 2.46 bits per heavy atom. The van der Waals surface area contributed by atoms with Crippen molar-refractivity contribution in [1.29, 1.82) is 0 Å². The molecule has 0 saturated carbocycles. The first-order chi connectivity index (χ1) is 6.25. The van der Waals surface area contributed by atoms with Gasteiger partial charge in [-0.05, 0) is 26.0 Å². The summed E-state index contributed by atoms with van der Waals surface area (Å²) in [5.74, 6) is 0.418. The van der Waals surface area contributed by atoms with Crippen LogP contribution < -0.4 is 11.0 Å². The molecule has 0 bridgehead atoms. The molecule has 1 aliphatic rings. The number of aryl methyl sites for hydroxylation is 1. The van der Waals surface area contributed by atoms with E-state index in [1.807, 2.05) is 13.0 Å². The highest BCUT2D eigenvalue weighted by Gasteiger charge is 2.18. The van der Waals surface area contributed by atoms with E-state index < -0.39 is 0 Å². The lowest BCUT2D eigenvalue weighted by molar-refractivity contribution is 0.721. The van der Waals surface area contributed by atoms with Crippen molar-refractivity contribution in [2.24, 2.45) is 0 Å².